The Morgan fingerprint density at radius 1 is 0.383 bits per heavy atom. The smallest absolute Gasteiger partial charge is 0.0622 e. The van der Waals surface area contributed by atoms with Crippen LogP contribution in [0.15, 0.2) is 182 Å². The first kappa shape index (κ1) is 20.2. The topological polar surface area (TPSA) is 0 Å². The highest BCUT2D eigenvalue weighted by Crippen LogP contribution is 2.42. The van der Waals surface area contributed by atoms with E-state index in [-0.39, 0.29) is 52.1 Å². The van der Waals surface area contributed by atoms with Crippen LogP contribution in [0.25, 0.3) is 76.5 Å². The summed E-state index contributed by atoms with van der Waals surface area (Å²) in [5, 5.41) is 5.04. The fourth-order valence-corrected chi connectivity index (χ4v) is 6.97. The van der Waals surface area contributed by atoms with E-state index in [0.29, 0.717) is 16.7 Å². The number of hydrogen-bond donors (Lipinski definition) is 0. The molecule has 0 aliphatic carbocycles. The van der Waals surface area contributed by atoms with Gasteiger partial charge in [-0.15, -0.1) is 0 Å². The van der Waals surface area contributed by atoms with Gasteiger partial charge >= 0.3 is 0 Å². The van der Waals surface area contributed by atoms with Crippen LogP contribution in [-0.2, 0) is 6.42 Å². The van der Waals surface area contributed by atoms with E-state index in [4.69, 9.17) is 5.48 Å². The lowest BCUT2D eigenvalue weighted by Gasteiger charge is -2.19. The summed E-state index contributed by atoms with van der Waals surface area (Å²) in [6.07, 6.45) is 0.157. The van der Waals surface area contributed by atoms with Crippen molar-refractivity contribution in [2.24, 2.45) is 0 Å². The van der Waals surface area contributed by atoms with Crippen LogP contribution in [0.2, 0.25) is 0 Å². The highest BCUT2D eigenvalue weighted by molar-refractivity contribution is 6.15. The predicted octanol–water partition coefficient (Wildman–Crippen LogP) is 12.9. The Morgan fingerprint density at radius 3 is 1.74 bits per heavy atom. The first-order valence-electron chi connectivity index (χ1n) is 19.7. The molecule has 0 radical (unpaired) electrons. The van der Waals surface area contributed by atoms with Gasteiger partial charge in [0.1, 0.15) is 0 Å². The van der Waals surface area contributed by atoms with Crippen LogP contribution < -0.4 is 0 Å². The van der Waals surface area contributed by atoms with Gasteiger partial charge in [-0.2, -0.15) is 0 Å². The molecule has 0 spiro atoms. The number of rotatable bonds is 5. The molecule has 0 nitrogen and oxygen atoms in total. The molecule has 0 saturated heterocycles. The van der Waals surface area contributed by atoms with Gasteiger partial charge in [0.25, 0.3) is 0 Å². The van der Waals surface area contributed by atoms with Crippen LogP contribution in [0.5, 0.6) is 0 Å². The van der Waals surface area contributed by atoms with Gasteiger partial charge in [0.2, 0.25) is 0 Å². The highest BCUT2D eigenvalue weighted by atomic mass is 14.2. The minimum atomic E-state index is -0.409. The van der Waals surface area contributed by atoms with Crippen LogP contribution in [0.1, 0.15) is 22.1 Å². The van der Waals surface area contributed by atoms with Crippen molar-refractivity contribution in [2.75, 3.05) is 0 Å². The molecule has 0 unspecified atom stereocenters. The van der Waals surface area contributed by atoms with Crippen LogP contribution in [0.4, 0.5) is 0 Å². The summed E-state index contributed by atoms with van der Waals surface area (Å²) in [7, 11) is 0. The molecule has 9 aromatic rings. The molecular formula is C47H32. The van der Waals surface area contributed by atoms with Crippen molar-refractivity contribution in [3.63, 3.8) is 0 Å². The molecular weight excluding hydrogens is 565 g/mol. The molecule has 220 valence electrons. The van der Waals surface area contributed by atoms with Gasteiger partial charge in [0, 0.05) is 0 Å². The first-order chi connectivity index (χ1) is 26.6. The van der Waals surface area contributed by atoms with Crippen molar-refractivity contribution < 1.29 is 11.0 Å². The summed E-state index contributed by atoms with van der Waals surface area (Å²) in [5.74, 6) is 0. The summed E-state index contributed by atoms with van der Waals surface area (Å²) in [6.45, 7) is 0. The van der Waals surface area contributed by atoms with E-state index in [1.807, 2.05) is 91.0 Å². The fraction of sp³-hybridized carbons (Fsp3) is 0.0213. The predicted molar refractivity (Wildman–Crippen MR) is 202 cm³/mol. The van der Waals surface area contributed by atoms with Crippen LogP contribution in [-0.4, -0.2) is 0 Å². The van der Waals surface area contributed by atoms with Crippen LogP contribution >= 0.6 is 0 Å². The summed E-state index contributed by atoms with van der Waals surface area (Å²) >= 11 is 0. The molecule has 0 heteroatoms. The van der Waals surface area contributed by atoms with Crippen molar-refractivity contribution in [1.82, 2.24) is 0 Å². The molecule has 47 heavy (non-hydrogen) atoms. The molecule has 0 bridgehead atoms. The summed E-state index contributed by atoms with van der Waals surface area (Å²) in [6, 6.07) is 41.4. The minimum Gasteiger partial charge on any atom is -0.0622 e. The van der Waals surface area contributed by atoms with Crippen molar-refractivity contribution in [3.05, 3.63) is 193 Å². The highest BCUT2D eigenvalue weighted by Gasteiger charge is 2.17. The zero-order chi connectivity index (χ0) is 38.1. The van der Waals surface area contributed by atoms with Crippen molar-refractivity contribution >= 4 is 43.1 Å². The van der Waals surface area contributed by atoms with E-state index in [0.717, 1.165) is 49.4 Å². The van der Waals surface area contributed by atoms with Gasteiger partial charge < -0.3 is 0 Å². The molecule has 0 amide bonds. The van der Waals surface area contributed by atoms with Gasteiger partial charge in [-0.3, -0.25) is 0 Å². The van der Waals surface area contributed by atoms with E-state index in [9.17, 15) is 5.48 Å². The molecule has 9 rings (SSSR count). The summed E-state index contributed by atoms with van der Waals surface area (Å²) < 4.78 is 72.7. The molecule has 9 aromatic carbocycles. The fourth-order valence-electron chi connectivity index (χ4n) is 6.97. The zero-order valence-electron chi connectivity index (χ0n) is 33.4. The van der Waals surface area contributed by atoms with Gasteiger partial charge in [0.15, 0.2) is 0 Å². The van der Waals surface area contributed by atoms with Gasteiger partial charge in [0.05, 0.1) is 11.0 Å². The Kier molecular flexibility index (Phi) is 4.91. The lowest BCUT2D eigenvalue weighted by atomic mass is 9.84. The van der Waals surface area contributed by atoms with Crippen LogP contribution in [0.3, 0.4) is 0 Å². The maximum absolute atomic E-state index is 9.37. The Bertz CT molecular complexity index is 2960. The molecule has 0 saturated carbocycles. The largest absolute Gasteiger partial charge is 0.0629 e. The van der Waals surface area contributed by atoms with E-state index in [2.05, 4.69) is 42.5 Å². The average Bonchev–Trinajstić information content (AvgIpc) is 3.23. The lowest BCUT2D eigenvalue weighted by molar-refractivity contribution is 1.26. The molecule has 0 heterocycles. The Balaban J connectivity index is 1.38. The van der Waals surface area contributed by atoms with E-state index in [1.165, 1.54) is 0 Å². The quantitative estimate of drug-likeness (QED) is 0.171. The summed E-state index contributed by atoms with van der Waals surface area (Å²) in [4.78, 5) is 0. The van der Waals surface area contributed by atoms with Gasteiger partial charge in [-0.05, 0) is 106 Å². The Labute approximate surface area is 286 Å². The van der Waals surface area contributed by atoms with Crippen molar-refractivity contribution in [1.29, 1.82) is 0 Å². The normalized spacial score (nSPS) is 13.9. The standard InChI is InChI=1S/C47H32/c1-2-14-33(15-3-1)40-28-27-37(39-19-6-7-20-41(39)40)31-46-42-21-8-10-23-44(42)47(45-24-11-9-22-43(45)46)38-18-12-17-35(30-38)36-26-25-32-13-4-5-16-34(32)29-36/h1-30H,31H2/i8D,9D,10D,11D,21D,22D,23D,24D. The molecule has 0 atom stereocenters. The van der Waals surface area contributed by atoms with Crippen molar-refractivity contribution in [3.8, 4) is 33.4 Å². The van der Waals surface area contributed by atoms with E-state index >= 15 is 0 Å². The molecule has 0 aliphatic rings. The second-order valence-corrected chi connectivity index (χ2v) is 11.9. The van der Waals surface area contributed by atoms with E-state index < -0.39 is 24.2 Å². The summed E-state index contributed by atoms with van der Waals surface area (Å²) in [5.41, 5.74) is 6.12. The average molecular weight is 605 g/mol. The Hall–Kier alpha value is -5.98. The first-order valence-corrected chi connectivity index (χ1v) is 15.7. The monoisotopic (exact) mass is 604 g/mol. The minimum absolute atomic E-state index is 0.157. The van der Waals surface area contributed by atoms with E-state index in [1.54, 1.807) is 0 Å². The van der Waals surface area contributed by atoms with Gasteiger partial charge in [-0.25, -0.2) is 0 Å². The molecule has 0 aromatic heterocycles. The molecule has 0 aliphatic heterocycles. The number of benzene rings is 9. The zero-order valence-corrected chi connectivity index (χ0v) is 25.4. The molecule has 0 fully saturated rings. The van der Waals surface area contributed by atoms with Crippen LogP contribution in [0, 0.1) is 0 Å². The number of fused-ring (bicyclic) bond motifs is 4. The third-order valence-corrected chi connectivity index (χ3v) is 9.18. The molecule has 0 N–H and O–H groups in total. The van der Waals surface area contributed by atoms with Gasteiger partial charge in [-0.1, -0.05) is 170 Å². The second-order valence-electron chi connectivity index (χ2n) is 11.9. The van der Waals surface area contributed by atoms with Crippen molar-refractivity contribution in [2.45, 2.75) is 6.42 Å². The third-order valence-electron chi connectivity index (χ3n) is 9.18. The maximum Gasteiger partial charge on any atom is 0.0629 e. The Morgan fingerprint density at radius 2 is 0.979 bits per heavy atom. The maximum atomic E-state index is 9.37. The number of hydrogen-bond acceptors (Lipinski definition) is 0. The third kappa shape index (κ3) is 4.78. The SMILES string of the molecule is [2H]c1c([2H])c([2H])c2c(-c3cccc(-c4ccc5ccccc5c4)c3)c3c([2H])c([2H])c([2H])c([2H])c3c(Cc3ccc(-c4ccccc4)c4ccccc34)c2c1[2H]. The second kappa shape index (κ2) is 11.4. The lowest BCUT2D eigenvalue weighted by Crippen LogP contribution is -1.97.